The fourth-order valence-electron chi connectivity index (χ4n) is 5.59. The van der Waals surface area contributed by atoms with Crippen LogP contribution in [0, 0.1) is 0 Å². The molecule has 0 radical (unpaired) electrons. The monoisotopic (exact) mass is 565 g/mol. The molecule has 212 valence electrons. The third kappa shape index (κ3) is 5.42. The lowest BCUT2D eigenvalue weighted by molar-refractivity contribution is -0.129. The Morgan fingerprint density at radius 2 is 1.70 bits per heavy atom. The van der Waals surface area contributed by atoms with Gasteiger partial charge in [0.05, 0.1) is 6.61 Å². The molecule has 1 saturated heterocycles. The highest BCUT2D eigenvalue weighted by atomic mass is 28.4. The number of hydrogen-bond donors (Lipinski definition) is 2. The van der Waals surface area contributed by atoms with Crippen LogP contribution in [0.4, 0.5) is 0 Å². The quantitative estimate of drug-likeness (QED) is 0.167. The van der Waals surface area contributed by atoms with Crippen LogP contribution in [0.15, 0.2) is 87.6 Å². The molecule has 11 nitrogen and oxygen atoms in total. The Labute approximate surface area is 233 Å². The number of methoxy groups -OCH3 is 1. The van der Waals surface area contributed by atoms with Crippen LogP contribution >= 0.6 is 0 Å². The highest BCUT2D eigenvalue weighted by molar-refractivity contribution is 6.99. The maximum absolute atomic E-state index is 12.7. The largest absolute Gasteiger partial charge is 0.404 e. The van der Waals surface area contributed by atoms with Gasteiger partial charge in [-0.2, -0.15) is 0 Å². The summed E-state index contributed by atoms with van der Waals surface area (Å²) in [7, 11) is -1.63. The van der Waals surface area contributed by atoms with E-state index in [1.165, 1.54) is 23.9 Å². The number of hydrogen-bond acceptors (Lipinski definition) is 7. The summed E-state index contributed by atoms with van der Waals surface area (Å²) in [5, 5.41) is 17.1. The molecule has 1 aliphatic rings. The SMILES string of the molecule is CO[C@H]1[C@H](n2ccc(=O)[nH]c2=O)O[C@](CCN=[N+]=[N-])(CO[Si](c2ccccc2)(c2ccccc2)C(C)(C)C)[C@H]1O. The molecule has 0 amide bonds. The van der Waals surface area contributed by atoms with Crippen LogP contribution < -0.4 is 21.6 Å². The highest BCUT2D eigenvalue weighted by Gasteiger charge is 2.58. The Morgan fingerprint density at radius 1 is 1.10 bits per heavy atom. The summed E-state index contributed by atoms with van der Waals surface area (Å²) in [5.74, 6) is 0. The maximum Gasteiger partial charge on any atom is 0.330 e. The summed E-state index contributed by atoms with van der Waals surface area (Å²) in [5.41, 5.74) is 6.31. The van der Waals surface area contributed by atoms with Crippen LogP contribution in [-0.2, 0) is 13.9 Å². The van der Waals surface area contributed by atoms with Gasteiger partial charge in [0.2, 0.25) is 0 Å². The molecular weight excluding hydrogens is 530 g/mol. The van der Waals surface area contributed by atoms with Crippen molar-refractivity contribution in [3.8, 4) is 0 Å². The van der Waals surface area contributed by atoms with E-state index in [0.717, 1.165) is 10.4 Å². The first kappa shape index (κ1) is 29.5. The van der Waals surface area contributed by atoms with Crippen molar-refractivity contribution < 1.29 is 19.0 Å². The molecule has 12 heteroatoms. The van der Waals surface area contributed by atoms with Crippen LogP contribution in [0.25, 0.3) is 10.4 Å². The molecule has 2 N–H and O–H groups in total. The summed E-state index contributed by atoms with van der Waals surface area (Å²) in [6.45, 7) is 6.35. The predicted molar refractivity (Wildman–Crippen MR) is 153 cm³/mol. The summed E-state index contributed by atoms with van der Waals surface area (Å²) >= 11 is 0. The molecule has 0 unspecified atom stereocenters. The zero-order chi connectivity index (χ0) is 29.0. The van der Waals surface area contributed by atoms with Crippen molar-refractivity contribution in [2.45, 2.75) is 56.3 Å². The van der Waals surface area contributed by atoms with Crippen molar-refractivity contribution in [1.29, 1.82) is 0 Å². The van der Waals surface area contributed by atoms with Gasteiger partial charge in [0.15, 0.2) is 6.23 Å². The minimum absolute atomic E-state index is 0.0152. The van der Waals surface area contributed by atoms with Gasteiger partial charge in [0.25, 0.3) is 13.9 Å². The molecule has 1 aromatic heterocycles. The molecule has 0 aliphatic carbocycles. The van der Waals surface area contributed by atoms with Crippen LogP contribution in [0.5, 0.6) is 0 Å². The van der Waals surface area contributed by atoms with Crippen LogP contribution in [-0.4, -0.2) is 61.0 Å². The second-order valence-corrected chi connectivity index (χ2v) is 15.2. The lowest BCUT2D eigenvalue weighted by Crippen LogP contribution is -2.68. The molecule has 1 fully saturated rings. The first-order valence-electron chi connectivity index (χ1n) is 13.1. The molecule has 0 spiro atoms. The van der Waals surface area contributed by atoms with Crippen molar-refractivity contribution >= 4 is 18.7 Å². The lowest BCUT2D eigenvalue weighted by atomic mass is 9.92. The Bertz CT molecular complexity index is 1410. The van der Waals surface area contributed by atoms with E-state index in [4.69, 9.17) is 19.4 Å². The fourth-order valence-corrected chi connectivity index (χ4v) is 10.2. The summed E-state index contributed by atoms with van der Waals surface area (Å²) in [4.78, 5) is 29.5. The average molecular weight is 566 g/mol. The second kappa shape index (κ2) is 11.9. The first-order valence-corrected chi connectivity index (χ1v) is 15.0. The number of aliphatic hydroxyl groups excluding tert-OH is 1. The van der Waals surface area contributed by atoms with Gasteiger partial charge in [-0.15, -0.1) is 0 Å². The minimum Gasteiger partial charge on any atom is -0.404 e. The van der Waals surface area contributed by atoms with E-state index in [1.807, 2.05) is 36.4 Å². The van der Waals surface area contributed by atoms with Crippen molar-refractivity contribution in [3.05, 3.63) is 104 Å². The average Bonchev–Trinajstić information content (AvgIpc) is 3.20. The molecule has 2 heterocycles. The van der Waals surface area contributed by atoms with Crippen LogP contribution in [0.1, 0.15) is 33.4 Å². The molecule has 4 rings (SSSR count). The predicted octanol–water partition coefficient (Wildman–Crippen LogP) is 2.46. The molecule has 2 aromatic carbocycles. The Hall–Kier alpha value is -3.51. The Balaban J connectivity index is 1.83. The third-order valence-corrected chi connectivity index (χ3v) is 12.5. The number of rotatable bonds is 10. The van der Waals surface area contributed by atoms with Crippen LogP contribution in [0.3, 0.4) is 0 Å². The number of aliphatic hydroxyl groups is 1. The third-order valence-electron chi connectivity index (χ3n) is 7.53. The number of aromatic amines is 1. The van der Waals surface area contributed by atoms with E-state index < -0.39 is 43.6 Å². The summed E-state index contributed by atoms with van der Waals surface area (Å²) < 4.78 is 20.4. The molecule has 40 heavy (non-hydrogen) atoms. The minimum atomic E-state index is -3.04. The van der Waals surface area contributed by atoms with E-state index in [2.05, 4.69) is 60.0 Å². The van der Waals surface area contributed by atoms with Crippen molar-refractivity contribution in [2.75, 3.05) is 20.3 Å². The number of nitrogens with zero attached hydrogens (tertiary/aromatic N) is 4. The van der Waals surface area contributed by atoms with Crippen molar-refractivity contribution in [1.82, 2.24) is 9.55 Å². The normalized spacial score (nSPS) is 23.1. The second-order valence-electron chi connectivity index (χ2n) is 10.9. The number of H-pyrrole nitrogens is 1. The zero-order valence-electron chi connectivity index (χ0n) is 23.1. The maximum atomic E-state index is 12.7. The van der Waals surface area contributed by atoms with Gasteiger partial charge < -0.3 is 19.0 Å². The van der Waals surface area contributed by atoms with Gasteiger partial charge in [-0.25, -0.2) is 4.79 Å². The van der Waals surface area contributed by atoms with Crippen molar-refractivity contribution in [2.24, 2.45) is 5.11 Å². The Kier molecular flexibility index (Phi) is 8.79. The fraction of sp³-hybridized carbons (Fsp3) is 0.429. The van der Waals surface area contributed by atoms with E-state index >= 15 is 0 Å². The number of aromatic nitrogens is 2. The zero-order valence-corrected chi connectivity index (χ0v) is 24.1. The molecule has 0 bridgehead atoms. The van der Waals surface area contributed by atoms with E-state index in [0.29, 0.717) is 0 Å². The van der Waals surface area contributed by atoms with Gasteiger partial charge in [-0.05, 0) is 27.4 Å². The van der Waals surface area contributed by atoms with Gasteiger partial charge in [0, 0.05) is 30.8 Å². The van der Waals surface area contributed by atoms with E-state index in [9.17, 15) is 14.7 Å². The number of benzene rings is 2. The lowest BCUT2D eigenvalue weighted by Gasteiger charge is -2.45. The van der Waals surface area contributed by atoms with Crippen molar-refractivity contribution in [3.63, 3.8) is 0 Å². The van der Waals surface area contributed by atoms with Gasteiger partial charge in [0.1, 0.15) is 17.8 Å². The smallest absolute Gasteiger partial charge is 0.330 e. The summed E-state index contributed by atoms with van der Waals surface area (Å²) in [6.07, 6.45) is -1.90. The highest BCUT2D eigenvalue weighted by Crippen LogP contribution is 2.43. The van der Waals surface area contributed by atoms with Gasteiger partial charge >= 0.3 is 5.69 Å². The van der Waals surface area contributed by atoms with E-state index in [-0.39, 0.29) is 24.6 Å². The van der Waals surface area contributed by atoms with Gasteiger partial charge in [-0.1, -0.05) is 86.5 Å². The number of azide groups is 1. The number of nitrogens with one attached hydrogen (secondary N) is 1. The van der Waals surface area contributed by atoms with Gasteiger partial charge in [-0.3, -0.25) is 14.3 Å². The Morgan fingerprint density at radius 3 is 2.20 bits per heavy atom. The molecule has 1 aliphatic heterocycles. The molecule has 3 aromatic rings. The van der Waals surface area contributed by atoms with Crippen LogP contribution in [0.2, 0.25) is 5.04 Å². The number of ether oxygens (including phenoxy) is 2. The topological polar surface area (TPSA) is 152 Å². The standard InChI is InChI=1S/C28H35N5O6Si/c1-27(2,3)40(20-11-7-5-8-12-20,21-13-9-6-10-14-21)38-19-28(16-17-30-32-29)24(35)23(37-4)25(39-28)33-18-15-22(34)31-26(33)36/h5-15,18,23-25,35H,16-17,19H2,1-4H3,(H,31,34,36)/t23-,24+,25-,28-/m1/s1. The molecule has 4 atom stereocenters. The first-order chi connectivity index (χ1) is 19.1. The summed E-state index contributed by atoms with van der Waals surface area (Å²) in [6, 6.07) is 21.3. The molecular formula is C28H35N5O6Si. The molecule has 0 saturated carbocycles. The van der Waals surface area contributed by atoms with E-state index in [1.54, 1.807) is 0 Å².